The number of imide groups is 2. The number of barbiturate groups is 1. The highest BCUT2D eigenvalue weighted by atomic mass is 16.5. The summed E-state index contributed by atoms with van der Waals surface area (Å²) in [5.74, 6) is -0.261. The number of hydrogen-bond donors (Lipinski definition) is 1. The van der Waals surface area contributed by atoms with Gasteiger partial charge in [-0.3, -0.25) is 14.9 Å². The molecule has 104 valence electrons. The van der Waals surface area contributed by atoms with E-state index < -0.39 is 23.3 Å². The van der Waals surface area contributed by atoms with Crippen molar-refractivity contribution in [1.82, 2.24) is 5.32 Å². The number of urea groups is 1. The third-order valence-electron chi connectivity index (χ3n) is 3.87. The molecule has 6 heteroatoms. The molecule has 4 amide bonds. The van der Waals surface area contributed by atoms with Gasteiger partial charge in [-0.15, -0.1) is 0 Å². The van der Waals surface area contributed by atoms with Crippen LogP contribution in [0.15, 0.2) is 18.2 Å². The van der Waals surface area contributed by atoms with Crippen LogP contribution in [0.4, 0.5) is 10.5 Å². The normalized spacial score (nSPS) is 20.1. The first kappa shape index (κ1) is 12.7. The average Bonchev–Trinajstić information content (AvgIpc) is 3.20. The van der Waals surface area contributed by atoms with Crippen molar-refractivity contribution in [2.24, 2.45) is 5.41 Å². The number of hydrogen-bond acceptors (Lipinski definition) is 4. The fourth-order valence-corrected chi connectivity index (χ4v) is 2.47. The summed E-state index contributed by atoms with van der Waals surface area (Å²) in [5.41, 5.74) is 0.186. The quantitative estimate of drug-likeness (QED) is 0.826. The van der Waals surface area contributed by atoms with Gasteiger partial charge in [-0.25, -0.2) is 9.69 Å². The highest BCUT2D eigenvalue weighted by Crippen LogP contribution is 2.50. The number of amides is 4. The van der Waals surface area contributed by atoms with E-state index in [1.165, 1.54) is 0 Å². The first-order valence-corrected chi connectivity index (χ1v) is 6.34. The van der Waals surface area contributed by atoms with E-state index in [4.69, 9.17) is 4.74 Å². The van der Waals surface area contributed by atoms with Crippen molar-refractivity contribution in [3.8, 4) is 5.75 Å². The van der Waals surface area contributed by atoms with Crippen molar-refractivity contribution >= 4 is 23.5 Å². The highest BCUT2D eigenvalue weighted by Gasteiger charge is 2.62. The Morgan fingerprint density at radius 2 is 1.95 bits per heavy atom. The summed E-state index contributed by atoms with van der Waals surface area (Å²) in [7, 11) is 1.55. The third-order valence-corrected chi connectivity index (χ3v) is 3.87. The molecule has 1 saturated carbocycles. The monoisotopic (exact) mass is 274 g/mol. The Morgan fingerprint density at radius 1 is 1.25 bits per heavy atom. The topological polar surface area (TPSA) is 75.7 Å². The van der Waals surface area contributed by atoms with Crippen molar-refractivity contribution in [3.63, 3.8) is 0 Å². The molecule has 1 aliphatic heterocycles. The lowest BCUT2D eigenvalue weighted by Crippen LogP contribution is -2.59. The van der Waals surface area contributed by atoms with Gasteiger partial charge in [0.2, 0.25) is 5.91 Å². The maximum absolute atomic E-state index is 12.5. The van der Waals surface area contributed by atoms with Crippen LogP contribution in [-0.4, -0.2) is 25.0 Å². The SMILES string of the molecule is COc1ccc(N2C(=O)NC(=O)C3(CC3)C2=O)c(C)c1. The lowest BCUT2D eigenvalue weighted by molar-refractivity contribution is -0.136. The molecule has 1 spiro atoms. The zero-order valence-electron chi connectivity index (χ0n) is 11.2. The standard InChI is InChI=1S/C14H14N2O4/c1-8-7-9(20-2)3-4-10(8)16-12(18)14(5-6-14)11(17)15-13(16)19/h3-4,7H,5-6H2,1-2H3,(H,15,17,19). The molecule has 0 radical (unpaired) electrons. The van der Waals surface area contributed by atoms with Gasteiger partial charge < -0.3 is 4.74 Å². The minimum absolute atomic E-state index is 0.431. The van der Waals surface area contributed by atoms with Gasteiger partial charge in [-0.1, -0.05) is 0 Å². The molecule has 1 heterocycles. The van der Waals surface area contributed by atoms with Gasteiger partial charge >= 0.3 is 6.03 Å². The van der Waals surface area contributed by atoms with Crippen molar-refractivity contribution in [3.05, 3.63) is 23.8 Å². The Bertz CT molecular complexity index is 634. The molecule has 2 aliphatic rings. The first-order valence-electron chi connectivity index (χ1n) is 6.34. The third kappa shape index (κ3) is 1.61. The van der Waals surface area contributed by atoms with E-state index in [2.05, 4.69) is 5.32 Å². The largest absolute Gasteiger partial charge is 0.497 e. The van der Waals surface area contributed by atoms with E-state index in [1.807, 2.05) is 0 Å². The number of nitrogens with zero attached hydrogens (tertiary/aromatic N) is 1. The molecule has 3 rings (SSSR count). The lowest BCUT2D eigenvalue weighted by Gasteiger charge is -2.31. The van der Waals surface area contributed by atoms with Crippen molar-refractivity contribution < 1.29 is 19.1 Å². The van der Waals surface area contributed by atoms with Gasteiger partial charge in [0.05, 0.1) is 12.8 Å². The fourth-order valence-electron chi connectivity index (χ4n) is 2.47. The molecule has 2 fully saturated rings. The molecule has 0 aromatic heterocycles. The van der Waals surface area contributed by atoms with Gasteiger partial charge in [0.15, 0.2) is 0 Å². The molecule has 20 heavy (non-hydrogen) atoms. The van der Waals surface area contributed by atoms with Gasteiger partial charge in [0.1, 0.15) is 11.2 Å². The van der Waals surface area contributed by atoms with Gasteiger partial charge in [-0.05, 0) is 43.5 Å². The van der Waals surface area contributed by atoms with Crippen molar-refractivity contribution in [2.45, 2.75) is 19.8 Å². The zero-order valence-corrected chi connectivity index (χ0v) is 11.2. The second kappa shape index (κ2) is 4.06. The molecule has 0 bridgehead atoms. The van der Waals surface area contributed by atoms with Gasteiger partial charge in [0.25, 0.3) is 5.91 Å². The van der Waals surface area contributed by atoms with Crippen LogP contribution in [-0.2, 0) is 9.59 Å². The summed E-state index contributed by atoms with van der Waals surface area (Å²) in [4.78, 5) is 37.3. The molecule has 0 atom stereocenters. The Morgan fingerprint density at radius 3 is 2.50 bits per heavy atom. The summed E-state index contributed by atoms with van der Waals surface area (Å²) in [6, 6.07) is 4.38. The molecule has 1 aromatic rings. The maximum Gasteiger partial charge on any atom is 0.335 e. The molecule has 0 unspecified atom stereocenters. The molecular formula is C14H14N2O4. The number of nitrogens with one attached hydrogen (secondary N) is 1. The summed E-state index contributed by atoms with van der Waals surface area (Å²) in [6.07, 6.45) is 0.993. The summed E-state index contributed by atoms with van der Waals surface area (Å²) in [5, 5.41) is 2.26. The number of aryl methyl sites for hydroxylation is 1. The second-order valence-corrected chi connectivity index (χ2v) is 5.13. The number of ether oxygens (including phenoxy) is 1. The zero-order chi connectivity index (χ0) is 14.5. The van der Waals surface area contributed by atoms with E-state index in [9.17, 15) is 14.4 Å². The first-order chi connectivity index (χ1) is 9.49. The van der Waals surface area contributed by atoms with Crippen LogP contribution in [0.5, 0.6) is 5.75 Å². The van der Waals surface area contributed by atoms with Crippen molar-refractivity contribution in [1.29, 1.82) is 0 Å². The van der Waals surface area contributed by atoms with E-state index in [1.54, 1.807) is 32.2 Å². The average molecular weight is 274 g/mol. The smallest absolute Gasteiger partial charge is 0.335 e. The Balaban J connectivity index is 2.02. The number of methoxy groups -OCH3 is 1. The number of anilines is 1. The number of carbonyl (C=O) groups excluding carboxylic acids is 3. The Kier molecular flexibility index (Phi) is 2.57. The molecule has 1 saturated heterocycles. The van der Waals surface area contributed by atoms with E-state index >= 15 is 0 Å². The fraction of sp³-hybridized carbons (Fsp3) is 0.357. The number of carbonyl (C=O) groups is 3. The minimum Gasteiger partial charge on any atom is -0.497 e. The molecule has 1 aromatic carbocycles. The van der Waals surface area contributed by atoms with Gasteiger partial charge in [0, 0.05) is 0 Å². The number of benzene rings is 1. The molecule has 1 N–H and O–H groups in total. The predicted molar refractivity (Wildman–Crippen MR) is 70.4 cm³/mol. The van der Waals surface area contributed by atoms with E-state index in [-0.39, 0.29) is 0 Å². The Labute approximate surface area is 115 Å². The van der Waals surface area contributed by atoms with Crippen LogP contribution in [0.25, 0.3) is 0 Å². The van der Waals surface area contributed by atoms with Gasteiger partial charge in [-0.2, -0.15) is 0 Å². The molecule has 1 aliphatic carbocycles. The van der Waals surface area contributed by atoms with Crippen LogP contribution in [0.2, 0.25) is 0 Å². The summed E-state index contributed by atoms with van der Waals surface area (Å²) < 4.78 is 5.10. The molecular weight excluding hydrogens is 260 g/mol. The Hall–Kier alpha value is -2.37. The number of rotatable bonds is 2. The predicted octanol–water partition coefficient (Wildman–Crippen LogP) is 1.37. The highest BCUT2D eigenvalue weighted by molar-refractivity contribution is 6.31. The van der Waals surface area contributed by atoms with Crippen LogP contribution in [0.3, 0.4) is 0 Å². The van der Waals surface area contributed by atoms with Crippen LogP contribution in [0.1, 0.15) is 18.4 Å². The second-order valence-electron chi connectivity index (χ2n) is 5.13. The summed E-state index contributed by atoms with van der Waals surface area (Å²) >= 11 is 0. The van der Waals surface area contributed by atoms with Crippen molar-refractivity contribution in [2.75, 3.05) is 12.0 Å². The molecule has 6 nitrogen and oxygen atoms in total. The van der Waals surface area contributed by atoms with Crippen LogP contribution in [0, 0.1) is 12.3 Å². The summed E-state index contributed by atoms with van der Waals surface area (Å²) in [6.45, 7) is 1.79. The van der Waals surface area contributed by atoms with Crippen LogP contribution >= 0.6 is 0 Å². The lowest BCUT2D eigenvalue weighted by atomic mass is 10.0. The van der Waals surface area contributed by atoms with Crippen LogP contribution < -0.4 is 15.0 Å². The maximum atomic E-state index is 12.5. The minimum atomic E-state index is -1.03. The van der Waals surface area contributed by atoms with E-state index in [0.717, 1.165) is 10.5 Å². The van der Waals surface area contributed by atoms with E-state index in [0.29, 0.717) is 24.3 Å².